The average molecular weight is 280 g/mol. The summed E-state index contributed by atoms with van der Waals surface area (Å²) in [6.45, 7) is 8.80. The largest absolute Gasteiger partial charge is 0.369 e. The Kier molecular flexibility index (Phi) is 6.44. The fourth-order valence-electron chi connectivity index (χ4n) is 2.94. The number of hydrogen-bond acceptors (Lipinski definition) is 4. The summed E-state index contributed by atoms with van der Waals surface area (Å²) in [5.74, 6) is -0.182. The number of carbonyl (C=O) groups is 1. The van der Waals surface area contributed by atoms with Gasteiger partial charge in [0.25, 0.3) is 0 Å². The van der Waals surface area contributed by atoms with Gasteiger partial charge in [-0.3, -0.25) is 10.1 Å². The summed E-state index contributed by atoms with van der Waals surface area (Å²) >= 11 is 0. The second-order valence-corrected chi connectivity index (χ2v) is 6.39. The molecule has 0 aromatic heterocycles. The Bertz CT molecular complexity index is 363. The molecule has 0 aromatic carbocycles. The number of amides is 1. The van der Waals surface area contributed by atoms with Crippen LogP contribution in [0.5, 0.6) is 0 Å². The van der Waals surface area contributed by atoms with Crippen molar-refractivity contribution in [2.24, 2.45) is 11.7 Å². The van der Waals surface area contributed by atoms with Crippen molar-refractivity contribution in [3.63, 3.8) is 0 Å². The highest BCUT2D eigenvalue weighted by Gasteiger charge is 2.26. The Morgan fingerprint density at radius 1 is 1.60 bits per heavy atom. The fourth-order valence-corrected chi connectivity index (χ4v) is 2.94. The smallest absolute Gasteiger partial charge is 0.221 e. The van der Waals surface area contributed by atoms with Gasteiger partial charge >= 0.3 is 0 Å². The molecule has 1 aliphatic rings. The van der Waals surface area contributed by atoms with Crippen molar-refractivity contribution in [1.29, 1.82) is 5.26 Å². The molecule has 114 valence electrons. The first-order chi connectivity index (χ1) is 9.36. The molecule has 1 amide bonds. The van der Waals surface area contributed by atoms with Crippen LogP contribution in [-0.4, -0.2) is 42.0 Å². The van der Waals surface area contributed by atoms with Crippen molar-refractivity contribution in [3.05, 3.63) is 0 Å². The molecule has 0 saturated carbocycles. The molecular weight excluding hydrogens is 252 g/mol. The molecule has 2 atom stereocenters. The average Bonchev–Trinajstić information content (AvgIpc) is 2.38. The van der Waals surface area contributed by atoms with Gasteiger partial charge in [0.2, 0.25) is 5.91 Å². The second kappa shape index (κ2) is 7.61. The zero-order valence-electron chi connectivity index (χ0n) is 13.0. The van der Waals surface area contributed by atoms with E-state index in [0.717, 1.165) is 45.3 Å². The first-order valence-corrected chi connectivity index (χ1v) is 7.57. The number of likely N-dealkylation sites (tertiary alicyclic amines) is 1. The van der Waals surface area contributed by atoms with Gasteiger partial charge in [0.1, 0.15) is 5.54 Å². The first kappa shape index (κ1) is 16.9. The van der Waals surface area contributed by atoms with E-state index in [9.17, 15) is 10.1 Å². The van der Waals surface area contributed by atoms with E-state index < -0.39 is 5.54 Å². The predicted octanol–water partition coefficient (Wildman–Crippen LogP) is 1.24. The lowest BCUT2D eigenvalue weighted by Crippen LogP contribution is -2.46. The van der Waals surface area contributed by atoms with Crippen molar-refractivity contribution in [3.8, 4) is 6.07 Å². The summed E-state index contributed by atoms with van der Waals surface area (Å²) in [4.78, 5) is 13.5. The van der Waals surface area contributed by atoms with E-state index in [1.807, 2.05) is 6.92 Å². The van der Waals surface area contributed by atoms with E-state index >= 15 is 0 Å². The lowest BCUT2D eigenvalue weighted by molar-refractivity contribution is -0.123. The molecule has 0 aliphatic carbocycles. The lowest BCUT2D eigenvalue weighted by atomic mass is 9.94. The minimum atomic E-state index is -0.465. The van der Waals surface area contributed by atoms with Crippen LogP contribution in [0.15, 0.2) is 0 Å². The van der Waals surface area contributed by atoms with Crippen LogP contribution in [-0.2, 0) is 4.79 Å². The summed E-state index contributed by atoms with van der Waals surface area (Å²) in [6, 6.07) is 2.67. The Hall–Kier alpha value is -1.12. The molecule has 0 aromatic rings. The molecule has 1 aliphatic heterocycles. The van der Waals surface area contributed by atoms with Crippen LogP contribution in [0.25, 0.3) is 0 Å². The van der Waals surface area contributed by atoms with Crippen molar-refractivity contribution < 1.29 is 4.79 Å². The summed E-state index contributed by atoms with van der Waals surface area (Å²) in [7, 11) is 0. The number of primary amides is 1. The Balaban J connectivity index is 2.36. The maximum absolute atomic E-state index is 11.2. The highest BCUT2D eigenvalue weighted by molar-refractivity contribution is 5.76. The highest BCUT2D eigenvalue weighted by Crippen LogP contribution is 2.18. The van der Waals surface area contributed by atoms with E-state index in [2.05, 4.69) is 30.1 Å². The molecule has 5 nitrogen and oxygen atoms in total. The van der Waals surface area contributed by atoms with Crippen molar-refractivity contribution >= 4 is 5.91 Å². The van der Waals surface area contributed by atoms with Gasteiger partial charge in [-0.15, -0.1) is 0 Å². The SMILES string of the molecule is CC(C)NC(C)(C#N)CCCN1CCCC(C(N)=O)C1. The van der Waals surface area contributed by atoms with Crippen molar-refractivity contribution in [2.45, 2.75) is 58.0 Å². The minimum absolute atomic E-state index is 0.000102. The van der Waals surface area contributed by atoms with Crippen LogP contribution in [0.3, 0.4) is 0 Å². The maximum atomic E-state index is 11.2. The molecule has 0 bridgehead atoms. The predicted molar refractivity (Wildman–Crippen MR) is 79.9 cm³/mol. The third-order valence-corrected chi connectivity index (χ3v) is 3.91. The van der Waals surface area contributed by atoms with Crippen LogP contribution < -0.4 is 11.1 Å². The number of rotatable bonds is 7. The van der Waals surface area contributed by atoms with Gasteiger partial charge < -0.3 is 10.6 Å². The Morgan fingerprint density at radius 2 is 2.30 bits per heavy atom. The summed E-state index contributed by atoms with van der Waals surface area (Å²) in [5.41, 5.74) is 4.92. The molecule has 1 saturated heterocycles. The number of hydrogen-bond donors (Lipinski definition) is 2. The molecule has 1 rings (SSSR count). The molecular formula is C15H28N4O. The monoisotopic (exact) mass is 280 g/mol. The molecule has 20 heavy (non-hydrogen) atoms. The highest BCUT2D eigenvalue weighted by atomic mass is 16.1. The van der Waals surface area contributed by atoms with Gasteiger partial charge in [-0.25, -0.2) is 0 Å². The number of nitriles is 1. The van der Waals surface area contributed by atoms with Crippen LogP contribution in [0.2, 0.25) is 0 Å². The summed E-state index contributed by atoms with van der Waals surface area (Å²) in [6.07, 6.45) is 3.72. The standard InChI is InChI=1S/C15H28N4O/c1-12(2)18-15(3,11-16)7-5-9-19-8-4-6-13(10-19)14(17)20/h12-13,18H,4-10H2,1-3H3,(H2,17,20). The van der Waals surface area contributed by atoms with E-state index in [1.165, 1.54) is 0 Å². The van der Waals surface area contributed by atoms with E-state index in [4.69, 9.17) is 5.73 Å². The molecule has 2 unspecified atom stereocenters. The molecule has 5 heteroatoms. The van der Waals surface area contributed by atoms with Gasteiger partial charge in [0.15, 0.2) is 0 Å². The van der Waals surface area contributed by atoms with Crippen LogP contribution in [0.4, 0.5) is 0 Å². The zero-order chi connectivity index (χ0) is 15.2. The van der Waals surface area contributed by atoms with Crippen LogP contribution in [0, 0.1) is 17.2 Å². The lowest BCUT2D eigenvalue weighted by Gasteiger charge is -2.32. The number of nitrogens with zero attached hydrogens (tertiary/aromatic N) is 2. The van der Waals surface area contributed by atoms with Crippen LogP contribution >= 0.6 is 0 Å². The molecule has 0 spiro atoms. The third-order valence-electron chi connectivity index (χ3n) is 3.91. The summed E-state index contributed by atoms with van der Waals surface area (Å²) in [5, 5.41) is 12.6. The van der Waals surface area contributed by atoms with Crippen LogP contribution in [0.1, 0.15) is 46.5 Å². The van der Waals surface area contributed by atoms with E-state index in [1.54, 1.807) is 0 Å². The molecule has 3 N–H and O–H groups in total. The molecule has 1 heterocycles. The maximum Gasteiger partial charge on any atom is 0.221 e. The normalized spacial score (nSPS) is 23.2. The van der Waals surface area contributed by atoms with E-state index in [0.29, 0.717) is 6.04 Å². The van der Waals surface area contributed by atoms with Gasteiger partial charge in [0, 0.05) is 12.6 Å². The fraction of sp³-hybridized carbons (Fsp3) is 0.867. The first-order valence-electron chi connectivity index (χ1n) is 7.57. The Labute approximate surface area is 122 Å². The molecule has 1 fully saturated rings. The number of piperidine rings is 1. The van der Waals surface area contributed by atoms with Crippen molar-refractivity contribution in [1.82, 2.24) is 10.2 Å². The summed E-state index contributed by atoms with van der Waals surface area (Å²) < 4.78 is 0. The number of nitrogens with one attached hydrogen (secondary N) is 1. The van der Waals surface area contributed by atoms with Gasteiger partial charge in [-0.1, -0.05) is 0 Å². The number of carbonyl (C=O) groups excluding carboxylic acids is 1. The van der Waals surface area contributed by atoms with Gasteiger partial charge in [-0.05, 0) is 59.5 Å². The van der Waals surface area contributed by atoms with Gasteiger partial charge in [-0.2, -0.15) is 5.26 Å². The quantitative estimate of drug-likeness (QED) is 0.735. The topological polar surface area (TPSA) is 82.2 Å². The third kappa shape index (κ3) is 5.48. The zero-order valence-corrected chi connectivity index (χ0v) is 13.0. The number of nitrogens with two attached hydrogens (primary N) is 1. The minimum Gasteiger partial charge on any atom is -0.369 e. The Morgan fingerprint density at radius 3 is 2.85 bits per heavy atom. The van der Waals surface area contributed by atoms with Gasteiger partial charge in [0.05, 0.1) is 12.0 Å². The van der Waals surface area contributed by atoms with Crippen molar-refractivity contribution in [2.75, 3.05) is 19.6 Å². The second-order valence-electron chi connectivity index (χ2n) is 6.39. The van der Waals surface area contributed by atoms with E-state index in [-0.39, 0.29) is 11.8 Å². The molecule has 0 radical (unpaired) electrons.